The molecule has 2 aliphatic rings. The van der Waals surface area contributed by atoms with Crippen LogP contribution in [-0.2, 0) is 6.42 Å². The molecule has 2 heteroatoms. The normalized spacial score (nSPS) is 28.2. The fourth-order valence-corrected chi connectivity index (χ4v) is 3.13. The topological polar surface area (TPSA) is 16.1 Å². The second-order valence-electron chi connectivity index (χ2n) is 5.33. The van der Waals surface area contributed by atoms with Gasteiger partial charge in [0.1, 0.15) is 0 Å². The van der Waals surface area contributed by atoms with E-state index in [9.17, 15) is 0 Å². The smallest absolute Gasteiger partial charge is 0.0270 e. The summed E-state index contributed by atoms with van der Waals surface area (Å²) in [5.74, 6) is 1.86. The quantitative estimate of drug-likeness (QED) is 0.739. The van der Waals surface area contributed by atoms with Gasteiger partial charge in [0.2, 0.25) is 0 Å². The number of nitrogens with zero attached hydrogens (tertiary/aromatic N) is 2. The molecule has 0 aromatic carbocycles. The number of pyridine rings is 1. The number of hydrogen-bond acceptors (Lipinski definition) is 2. The Morgan fingerprint density at radius 2 is 1.71 bits per heavy atom. The van der Waals surface area contributed by atoms with E-state index >= 15 is 0 Å². The Morgan fingerprint density at radius 3 is 2.35 bits per heavy atom. The Bertz CT molecular complexity index is 369. The van der Waals surface area contributed by atoms with Gasteiger partial charge in [-0.05, 0) is 48.8 Å². The lowest BCUT2D eigenvalue weighted by atomic mass is 9.86. The van der Waals surface area contributed by atoms with Crippen LogP contribution in [0.3, 0.4) is 0 Å². The molecule has 1 saturated heterocycles. The van der Waals surface area contributed by atoms with Crippen molar-refractivity contribution in [2.75, 3.05) is 19.6 Å². The maximum absolute atomic E-state index is 4.06. The summed E-state index contributed by atoms with van der Waals surface area (Å²) in [7, 11) is 0. The summed E-state index contributed by atoms with van der Waals surface area (Å²) in [5.41, 5.74) is 1.41. The van der Waals surface area contributed by atoms with Gasteiger partial charge in [-0.15, -0.1) is 0 Å². The zero-order chi connectivity index (χ0) is 11.5. The second-order valence-corrected chi connectivity index (χ2v) is 5.33. The first kappa shape index (κ1) is 11.0. The fourth-order valence-electron chi connectivity index (χ4n) is 3.13. The van der Waals surface area contributed by atoms with Gasteiger partial charge >= 0.3 is 0 Å². The van der Waals surface area contributed by atoms with Crippen LogP contribution in [0.5, 0.6) is 0 Å². The lowest BCUT2D eigenvalue weighted by molar-refractivity contribution is 0.326. The van der Waals surface area contributed by atoms with Crippen LogP contribution in [-0.4, -0.2) is 29.5 Å². The maximum Gasteiger partial charge on any atom is 0.0270 e. The molecule has 0 spiro atoms. The highest BCUT2D eigenvalue weighted by molar-refractivity contribution is 5.10. The van der Waals surface area contributed by atoms with E-state index < -0.39 is 0 Å². The predicted molar refractivity (Wildman–Crippen MR) is 69.7 cm³/mol. The number of likely N-dealkylation sites (tertiary alicyclic amines) is 1. The van der Waals surface area contributed by atoms with E-state index in [0.29, 0.717) is 0 Å². The van der Waals surface area contributed by atoms with Crippen LogP contribution in [0.4, 0.5) is 0 Å². The van der Waals surface area contributed by atoms with Crippen molar-refractivity contribution >= 4 is 0 Å². The highest BCUT2D eigenvalue weighted by Crippen LogP contribution is 2.32. The third-order valence-corrected chi connectivity index (χ3v) is 4.16. The molecule has 2 unspecified atom stereocenters. The Kier molecular flexibility index (Phi) is 3.23. The molecule has 90 valence electrons. The number of rotatable bonds is 3. The number of fused-ring (bicyclic) bond motifs is 1. The molecule has 1 aliphatic heterocycles. The highest BCUT2D eigenvalue weighted by Gasteiger charge is 2.32. The molecule has 0 N–H and O–H groups in total. The largest absolute Gasteiger partial charge is 0.302 e. The van der Waals surface area contributed by atoms with Crippen molar-refractivity contribution in [1.29, 1.82) is 0 Å². The molecule has 0 radical (unpaired) electrons. The summed E-state index contributed by atoms with van der Waals surface area (Å²) in [6.07, 6.45) is 12.3. The van der Waals surface area contributed by atoms with E-state index in [2.05, 4.69) is 34.2 Å². The minimum absolute atomic E-state index is 0.928. The molecular formula is C15H20N2. The Morgan fingerprint density at radius 1 is 1.06 bits per heavy atom. The van der Waals surface area contributed by atoms with E-state index in [4.69, 9.17) is 0 Å². The summed E-state index contributed by atoms with van der Waals surface area (Å²) in [6.45, 7) is 3.82. The monoisotopic (exact) mass is 228 g/mol. The SMILES string of the molecule is C1=CCC2CN(CCc3ccncc3)CC2C1. The molecule has 0 saturated carbocycles. The average Bonchev–Trinajstić information content (AvgIpc) is 2.80. The fraction of sp³-hybridized carbons (Fsp3) is 0.533. The number of allylic oxidation sites excluding steroid dienone is 2. The van der Waals surface area contributed by atoms with Crippen molar-refractivity contribution in [2.45, 2.75) is 19.3 Å². The van der Waals surface area contributed by atoms with E-state index in [1.165, 1.54) is 38.0 Å². The van der Waals surface area contributed by atoms with Crippen LogP contribution in [0, 0.1) is 11.8 Å². The Hall–Kier alpha value is -1.15. The molecular weight excluding hydrogens is 208 g/mol. The summed E-state index contributed by atoms with van der Waals surface area (Å²) >= 11 is 0. The van der Waals surface area contributed by atoms with Crippen molar-refractivity contribution < 1.29 is 0 Å². The van der Waals surface area contributed by atoms with Crippen LogP contribution in [0.25, 0.3) is 0 Å². The maximum atomic E-state index is 4.06. The minimum Gasteiger partial charge on any atom is -0.302 e. The lowest BCUT2D eigenvalue weighted by Crippen LogP contribution is -2.23. The second kappa shape index (κ2) is 5.01. The zero-order valence-electron chi connectivity index (χ0n) is 10.3. The summed E-state index contributed by atoms with van der Waals surface area (Å²) in [4.78, 5) is 6.70. The van der Waals surface area contributed by atoms with Gasteiger partial charge in [0.25, 0.3) is 0 Å². The summed E-state index contributed by atoms with van der Waals surface area (Å²) in [6, 6.07) is 4.26. The van der Waals surface area contributed by atoms with Gasteiger partial charge in [0.15, 0.2) is 0 Å². The van der Waals surface area contributed by atoms with Gasteiger partial charge in [-0.3, -0.25) is 4.98 Å². The van der Waals surface area contributed by atoms with Crippen LogP contribution < -0.4 is 0 Å². The third kappa shape index (κ3) is 2.58. The standard InChI is InChI=1S/C15H20N2/c1-2-4-15-12-17(11-14(15)3-1)10-7-13-5-8-16-9-6-13/h1-2,5-6,8-9,14-15H,3-4,7,10-12H2. The van der Waals surface area contributed by atoms with E-state index in [1.807, 2.05) is 12.4 Å². The zero-order valence-corrected chi connectivity index (χ0v) is 10.3. The van der Waals surface area contributed by atoms with Crippen molar-refractivity contribution in [2.24, 2.45) is 11.8 Å². The van der Waals surface area contributed by atoms with Gasteiger partial charge in [0.05, 0.1) is 0 Å². The number of hydrogen-bond donors (Lipinski definition) is 0. The predicted octanol–water partition coefficient (Wildman–Crippen LogP) is 2.52. The molecule has 0 bridgehead atoms. The summed E-state index contributed by atoms with van der Waals surface area (Å²) in [5, 5.41) is 0. The minimum atomic E-state index is 0.928. The first-order valence-electron chi connectivity index (χ1n) is 6.68. The molecule has 2 atom stereocenters. The molecule has 17 heavy (non-hydrogen) atoms. The molecule has 1 fully saturated rings. The van der Waals surface area contributed by atoms with Gasteiger partial charge < -0.3 is 4.90 Å². The molecule has 2 heterocycles. The van der Waals surface area contributed by atoms with Gasteiger partial charge in [-0.25, -0.2) is 0 Å². The van der Waals surface area contributed by atoms with Gasteiger partial charge in [0, 0.05) is 32.0 Å². The van der Waals surface area contributed by atoms with Crippen molar-refractivity contribution in [3.8, 4) is 0 Å². The summed E-state index contributed by atoms with van der Waals surface area (Å²) < 4.78 is 0. The van der Waals surface area contributed by atoms with E-state index in [1.54, 1.807) is 0 Å². The van der Waals surface area contributed by atoms with Crippen LogP contribution in [0.15, 0.2) is 36.7 Å². The van der Waals surface area contributed by atoms with Crippen molar-refractivity contribution in [3.05, 3.63) is 42.2 Å². The van der Waals surface area contributed by atoms with Crippen molar-refractivity contribution in [1.82, 2.24) is 9.88 Å². The molecule has 2 nitrogen and oxygen atoms in total. The first-order chi connectivity index (χ1) is 8.42. The number of aromatic nitrogens is 1. The van der Waals surface area contributed by atoms with Crippen LogP contribution in [0.2, 0.25) is 0 Å². The Balaban J connectivity index is 1.51. The molecule has 1 aliphatic carbocycles. The van der Waals surface area contributed by atoms with E-state index in [-0.39, 0.29) is 0 Å². The van der Waals surface area contributed by atoms with Gasteiger partial charge in [-0.2, -0.15) is 0 Å². The van der Waals surface area contributed by atoms with Gasteiger partial charge in [-0.1, -0.05) is 12.2 Å². The molecule has 1 aromatic heterocycles. The molecule has 3 rings (SSSR count). The third-order valence-electron chi connectivity index (χ3n) is 4.16. The molecule has 1 aromatic rings. The van der Waals surface area contributed by atoms with E-state index in [0.717, 1.165) is 18.3 Å². The highest BCUT2D eigenvalue weighted by atomic mass is 15.1. The van der Waals surface area contributed by atoms with Crippen LogP contribution in [0.1, 0.15) is 18.4 Å². The lowest BCUT2D eigenvalue weighted by Gasteiger charge is -2.18. The average molecular weight is 228 g/mol. The molecule has 0 amide bonds. The first-order valence-corrected chi connectivity index (χ1v) is 6.68. The van der Waals surface area contributed by atoms with Crippen LogP contribution >= 0.6 is 0 Å². The Labute approximate surface area is 103 Å². The van der Waals surface area contributed by atoms with Crippen molar-refractivity contribution in [3.63, 3.8) is 0 Å².